The Balaban J connectivity index is 1.43. The fourth-order valence-electron chi connectivity index (χ4n) is 10.9. The summed E-state index contributed by atoms with van der Waals surface area (Å²) in [5.41, 5.74) is -2.41. The molecule has 64 heavy (non-hydrogen) atoms. The molecule has 4 heterocycles. The minimum atomic E-state index is -5.76. The van der Waals surface area contributed by atoms with Gasteiger partial charge in [-0.25, -0.2) is 0 Å². The number of rotatable bonds is 4. The van der Waals surface area contributed by atoms with E-state index < -0.39 is 39.9 Å². The van der Waals surface area contributed by atoms with E-state index in [0.29, 0.717) is 15.3 Å². The monoisotopic (exact) mass is 932 g/mol. The second-order valence-electron chi connectivity index (χ2n) is 22.3. The number of furan rings is 1. The highest BCUT2D eigenvalue weighted by Gasteiger charge is 2.81. The average molecular weight is 933 g/mol. The first-order valence-electron chi connectivity index (χ1n) is 22.1. The maximum absolute atomic E-state index is 17.3. The summed E-state index contributed by atoms with van der Waals surface area (Å²) >= 11 is 4.35. The van der Waals surface area contributed by atoms with E-state index in [-0.39, 0.29) is 60.0 Å². The summed E-state index contributed by atoms with van der Waals surface area (Å²) in [6.45, 7) is 23.9. The molecule has 0 N–H and O–H groups in total. The fourth-order valence-corrected chi connectivity index (χ4v) is 15.6. The molecule has 0 aliphatic heterocycles. The lowest BCUT2D eigenvalue weighted by atomic mass is 9.66. The maximum atomic E-state index is 17.3. The number of hydrogen-bond acceptors (Lipinski definition) is 5. The Kier molecular flexibility index (Phi) is 9.09. The number of halogens is 6. The third kappa shape index (κ3) is 5.67. The van der Waals surface area contributed by atoms with Crippen LogP contribution in [0.1, 0.15) is 160 Å². The van der Waals surface area contributed by atoms with E-state index in [4.69, 9.17) is 9.15 Å². The molecule has 10 rings (SSSR count). The molecule has 338 valence electrons. The van der Waals surface area contributed by atoms with E-state index in [1.54, 1.807) is 34.8 Å². The largest absolute Gasteiger partial charge is 0.497 e. The van der Waals surface area contributed by atoms with Gasteiger partial charge < -0.3 is 9.15 Å². The van der Waals surface area contributed by atoms with Crippen molar-refractivity contribution in [3.05, 3.63) is 119 Å². The van der Waals surface area contributed by atoms with Crippen LogP contribution in [0.15, 0.2) is 65.1 Å². The molecule has 1 atom stereocenters. The molecule has 1 unspecified atom stereocenters. The minimum Gasteiger partial charge on any atom is -0.497 e. The van der Waals surface area contributed by atoms with Gasteiger partial charge in [-0.1, -0.05) is 100 Å². The third-order valence-corrected chi connectivity index (χ3v) is 19.8. The lowest BCUT2D eigenvalue weighted by Gasteiger charge is -2.39. The van der Waals surface area contributed by atoms with Gasteiger partial charge in [0.25, 0.3) is 0 Å². The summed E-state index contributed by atoms with van der Waals surface area (Å²) in [5, 5.41) is -0.00142. The smallest absolute Gasteiger partial charge is 0.380 e. The average Bonchev–Trinajstić information content (AvgIpc) is 4.03. The normalized spacial score (nSPS) is 24.1. The van der Waals surface area contributed by atoms with Gasteiger partial charge >= 0.3 is 17.8 Å². The number of benzene rings is 2. The zero-order valence-corrected chi connectivity index (χ0v) is 40.9. The zero-order valence-electron chi connectivity index (χ0n) is 38.4. The lowest BCUT2D eigenvalue weighted by molar-refractivity contribution is -0.254. The summed E-state index contributed by atoms with van der Waals surface area (Å²) in [6, 6.07) is 18.2. The summed E-state index contributed by atoms with van der Waals surface area (Å²) < 4.78 is 114. The number of allylic oxidation sites excluding steroid dienone is 2. The van der Waals surface area contributed by atoms with Gasteiger partial charge in [0, 0.05) is 56.9 Å². The van der Waals surface area contributed by atoms with Crippen LogP contribution >= 0.6 is 34.0 Å². The molecule has 0 radical (unpaired) electrons. The predicted octanol–water partition coefficient (Wildman–Crippen LogP) is 16.8. The highest BCUT2D eigenvalue weighted by atomic mass is 32.1. The molecule has 0 saturated heterocycles. The van der Waals surface area contributed by atoms with Crippen LogP contribution in [0.25, 0.3) is 31.9 Å². The Morgan fingerprint density at radius 2 is 1.12 bits per heavy atom. The van der Waals surface area contributed by atoms with Crippen molar-refractivity contribution in [3.8, 4) is 15.5 Å². The second kappa shape index (κ2) is 13.2. The molecule has 11 heteroatoms. The fraction of sp³-hybridized carbons (Fsp3) is 0.472. The van der Waals surface area contributed by atoms with Gasteiger partial charge in [0.15, 0.2) is 0 Å². The number of thiophene rings is 3. The van der Waals surface area contributed by atoms with Gasteiger partial charge in [0.1, 0.15) is 22.5 Å². The Morgan fingerprint density at radius 1 is 0.594 bits per heavy atom. The van der Waals surface area contributed by atoms with Crippen molar-refractivity contribution in [2.24, 2.45) is 0 Å². The molecule has 0 fully saturated rings. The molecule has 2 aromatic carbocycles. The first-order chi connectivity index (χ1) is 29.5. The van der Waals surface area contributed by atoms with Gasteiger partial charge in [0.05, 0.1) is 7.11 Å². The molecule has 0 saturated carbocycles. The van der Waals surface area contributed by atoms with Crippen molar-refractivity contribution in [1.82, 2.24) is 0 Å². The Bertz CT molecular complexity index is 2890. The summed E-state index contributed by atoms with van der Waals surface area (Å²) in [5.74, 6) is -16.2. The van der Waals surface area contributed by atoms with Gasteiger partial charge in [-0.3, -0.25) is 0 Å². The molecule has 0 spiro atoms. The van der Waals surface area contributed by atoms with Crippen LogP contribution in [0.3, 0.4) is 0 Å². The van der Waals surface area contributed by atoms with Crippen molar-refractivity contribution in [2.45, 2.75) is 152 Å². The Labute approximate surface area is 383 Å². The summed E-state index contributed by atoms with van der Waals surface area (Å²) in [7, 11) is 1.40. The molecule has 4 aliphatic carbocycles. The number of fused-ring (bicyclic) bond motifs is 8. The van der Waals surface area contributed by atoms with Crippen molar-refractivity contribution in [2.75, 3.05) is 7.11 Å². The Morgan fingerprint density at radius 3 is 1.69 bits per heavy atom. The van der Waals surface area contributed by atoms with Crippen molar-refractivity contribution < 1.29 is 35.5 Å². The van der Waals surface area contributed by atoms with Gasteiger partial charge in [-0.15, -0.1) is 34.0 Å². The Hall–Kier alpha value is -3.80. The lowest BCUT2D eigenvalue weighted by Crippen LogP contribution is -2.49. The standard InChI is InChI=1S/C53H54F6O2S3/c1-45(2,3)27-13-15-28(16-14-27)50(37-26-33-44(64-37)49(10,11)22-20-47(33,6)7)41-38(30-23-29(60-12)17-18-34(30)61-41)40-39(51(54,55)53(58,59)52(40,56)57)31-24-35(62-42(31)50)36-25-32-43(63-36)48(8,9)21-19-46(32,4)5/h13-18,23-26H,19-22H2,1-12H3. The first-order valence-corrected chi connectivity index (χ1v) is 24.5. The van der Waals surface area contributed by atoms with E-state index in [2.05, 4.69) is 88.3 Å². The van der Waals surface area contributed by atoms with Crippen LogP contribution in [-0.4, -0.2) is 24.9 Å². The molecule has 4 aromatic heterocycles. The van der Waals surface area contributed by atoms with Crippen molar-refractivity contribution >= 4 is 56.1 Å². The molecular weight excluding hydrogens is 879 g/mol. The SMILES string of the molecule is COc1ccc2oc3c(c2c1)C1=C(c2cc(-c4cc5c(s4)C(C)(C)CCC5(C)C)sc2C3(c2ccc(C(C)(C)C)cc2)c2cc3c(s2)C(C)(C)CCC3(C)C)C(F)(F)C(F)(F)C1(F)F. The van der Waals surface area contributed by atoms with Crippen LogP contribution < -0.4 is 4.74 Å². The first kappa shape index (κ1) is 44.1. The number of alkyl halides is 6. The van der Waals surface area contributed by atoms with E-state index in [1.165, 1.54) is 35.5 Å². The van der Waals surface area contributed by atoms with E-state index in [1.807, 2.05) is 24.3 Å². The topological polar surface area (TPSA) is 22.4 Å². The summed E-state index contributed by atoms with van der Waals surface area (Å²) in [6.07, 6.45) is 3.67. The number of ether oxygens (including phenoxy) is 1. The molecule has 2 nitrogen and oxygen atoms in total. The predicted molar refractivity (Wildman–Crippen MR) is 251 cm³/mol. The van der Waals surface area contributed by atoms with Crippen molar-refractivity contribution in [1.29, 1.82) is 0 Å². The number of methoxy groups -OCH3 is 1. The summed E-state index contributed by atoms with van der Waals surface area (Å²) in [4.78, 5) is 4.57. The molecule has 6 aromatic rings. The molecule has 0 bridgehead atoms. The van der Waals surface area contributed by atoms with Crippen LogP contribution in [0, 0.1) is 0 Å². The molecule has 4 aliphatic rings. The number of hydrogen-bond donors (Lipinski definition) is 0. The van der Waals surface area contributed by atoms with Gasteiger partial charge in [0.2, 0.25) is 0 Å². The van der Waals surface area contributed by atoms with E-state index in [9.17, 15) is 0 Å². The van der Waals surface area contributed by atoms with Gasteiger partial charge in [-0.05, 0) is 111 Å². The van der Waals surface area contributed by atoms with Crippen LogP contribution in [0.4, 0.5) is 26.3 Å². The van der Waals surface area contributed by atoms with Crippen LogP contribution in [0.5, 0.6) is 5.75 Å². The third-order valence-electron chi connectivity index (χ3n) is 15.2. The highest BCUT2D eigenvalue weighted by molar-refractivity contribution is 7.22. The van der Waals surface area contributed by atoms with Crippen molar-refractivity contribution in [3.63, 3.8) is 0 Å². The van der Waals surface area contributed by atoms with Crippen LogP contribution in [-0.2, 0) is 32.5 Å². The van der Waals surface area contributed by atoms with Crippen LogP contribution in [0.2, 0.25) is 0 Å². The highest BCUT2D eigenvalue weighted by Crippen LogP contribution is 2.71. The minimum absolute atomic E-state index is 0.00142. The quantitative estimate of drug-likeness (QED) is 0.164. The maximum Gasteiger partial charge on any atom is 0.380 e. The molecule has 0 amide bonds. The molecular formula is C53H54F6O2S3. The zero-order chi connectivity index (χ0) is 46.3. The van der Waals surface area contributed by atoms with E-state index in [0.717, 1.165) is 52.1 Å². The van der Waals surface area contributed by atoms with E-state index >= 15 is 26.3 Å². The van der Waals surface area contributed by atoms with Gasteiger partial charge in [-0.2, -0.15) is 26.3 Å². The second-order valence-corrected chi connectivity index (χ2v) is 25.5.